The molecule has 0 saturated carbocycles. The molecule has 32 heavy (non-hydrogen) atoms. The SMILES string of the molecule is CCCN(C(=O)Nc1ccccc1C)C(CC)c1nc2ccccc2c(=O)n1CCOC. The van der Waals surface area contributed by atoms with Gasteiger partial charge in [-0.3, -0.25) is 9.36 Å². The Hall–Kier alpha value is -3.19. The van der Waals surface area contributed by atoms with Crippen LogP contribution in [-0.2, 0) is 11.3 Å². The Balaban J connectivity index is 2.07. The summed E-state index contributed by atoms with van der Waals surface area (Å²) >= 11 is 0. The van der Waals surface area contributed by atoms with Crippen LogP contribution in [0.15, 0.2) is 53.3 Å². The van der Waals surface area contributed by atoms with Crippen molar-refractivity contribution in [3.05, 3.63) is 70.3 Å². The van der Waals surface area contributed by atoms with Crippen LogP contribution in [0.1, 0.15) is 44.1 Å². The standard InChI is InChI=1S/C25H32N4O3/c1-5-15-28(25(31)27-20-13-9-7-11-18(20)3)22(6-2)23-26-21-14-10-8-12-19(21)24(30)29(23)16-17-32-4/h7-14,22H,5-6,15-17H2,1-4H3,(H,27,31). The summed E-state index contributed by atoms with van der Waals surface area (Å²) in [6.07, 6.45) is 1.41. The summed E-state index contributed by atoms with van der Waals surface area (Å²) in [5, 5.41) is 3.60. The fourth-order valence-corrected chi connectivity index (χ4v) is 3.92. The third-order valence-corrected chi connectivity index (χ3v) is 5.58. The molecule has 0 aliphatic heterocycles. The zero-order valence-corrected chi connectivity index (χ0v) is 19.3. The highest BCUT2D eigenvalue weighted by atomic mass is 16.5. The van der Waals surface area contributed by atoms with Crippen LogP contribution in [0, 0.1) is 6.92 Å². The number of rotatable bonds is 9. The number of amides is 2. The predicted octanol–water partition coefficient (Wildman–Crippen LogP) is 4.75. The van der Waals surface area contributed by atoms with Gasteiger partial charge in [-0.15, -0.1) is 0 Å². The Morgan fingerprint density at radius 1 is 1.16 bits per heavy atom. The summed E-state index contributed by atoms with van der Waals surface area (Å²) in [7, 11) is 1.61. The molecule has 2 amide bonds. The number of anilines is 1. The van der Waals surface area contributed by atoms with Gasteiger partial charge in [-0.2, -0.15) is 0 Å². The maximum absolute atomic E-state index is 13.4. The summed E-state index contributed by atoms with van der Waals surface area (Å²) in [5.41, 5.74) is 2.29. The Morgan fingerprint density at radius 2 is 1.88 bits per heavy atom. The maximum Gasteiger partial charge on any atom is 0.322 e. The minimum Gasteiger partial charge on any atom is -0.383 e. The summed E-state index contributed by atoms with van der Waals surface area (Å²) < 4.78 is 6.90. The van der Waals surface area contributed by atoms with Crippen LogP contribution in [0.2, 0.25) is 0 Å². The molecule has 7 heteroatoms. The predicted molar refractivity (Wildman–Crippen MR) is 128 cm³/mol. The van der Waals surface area contributed by atoms with Gasteiger partial charge in [0.15, 0.2) is 0 Å². The van der Waals surface area contributed by atoms with Crippen LogP contribution in [0.25, 0.3) is 10.9 Å². The second kappa shape index (κ2) is 10.9. The van der Waals surface area contributed by atoms with E-state index in [9.17, 15) is 9.59 Å². The van der Waals surface area contributed by atoms with Crippen LogP contribution >= 0.6 is 0 Å². The summed E-state index contributed by atoms with van der Waals surface area (Å²) in [6.45, 7) is 7.31. The third-order valence-electron chi connectivity index (χ3n) is 5.58. The number of aryl methyl sites for hydroxylation is 1. The number of urea groups is 1. The maximum atomic E-state index is 13.4. The van der Waals surface area contributed by atoms with E-state index in [-0.39, 0.29) is 17.6 Å². The number of hydrogen-bond donors (Lipinski definition) is 1. The molecule has 0 aliphatic rings. The summed E-state index contributed by atoms with van der Waals surface area (Å²) in [4.78, 5) is 33.3. The second-order valence-electron chi connectivity index (χ2n) is 7.80. The number of carbonyl (C=O) groups is 1. The molecule has 0 aliphatic carbocycles. The van der Waals surface area contributed by atoms with Crippen LogP contribution in [0.3, 0.4) is 0 Å². The number of nitrogens with one attached hydrogen (secondary N) is 1. The van der Waals surface area contributed by atoms with E-state index in [4.69, 9.17) is 9.72 Å². The quantitative estimate of drug-likeness (QED) is 0.525. The summed E-state index contributed by atoms with van der Waals surface area (Å²) in [5.74, 6) is 0.585. The first kappa shape index (κ1) is 23.5. The van der Waals surface area contributed by atoms with Crippen molar-refractivity contribution in [1.82, 2.24) is 14.5 Å². The highest BCUT2D eigenvalue weighted by Gasteiger charge is 2.28. The molecule has 170 valence electrons. The number of ether oxygens (including phenoxy) is 1. The molecule has 1 aromatic heterocycles. The molecule has 0 spiro atoms. The van der Waals surface area contributed by atoms with Crippen LogP contribution in [0.5, 0.6) is 0 Å². The van der Waals surface area contributed by atoms with Crippen molar-refractivity contribution < 1.29 is 9.53 Å². The molecule has 1 unspecified atom stereocenters. The Kier molecular flexibility index (Phi) is 8.00. The van der Waals surface area contributed by atoms with Crippen LogP contribution < -0.4 is 10.9 Å². The van der Waals surface area contributed by atoms with E-state index in [1.54, 1.807) is 22.6 Å². The first-order valence-corrected chi connectivity index (χ1v) is 11.1. The van der Waals surface area contributed by atoms with Gasteiger partial charge >= 0.3 is 6.03 Å². The van der Waals surface area contributed by atoms with Crippen LogP contribution in [-0.4, -0.2) is 40.7 Å². The number of carbonyl (C=O) groups excluding carboxylic acids is 1. The topological polar surface area (TPSA) is 76.5 Å². The minimum atomic E-state index is -0.354. The van der Waals surface area contributed by atoms with E-state index in [1.807, 2.05) is 63.2 Å². The van der Waals surface area contributed by atoms with E-state index in [1.165, 1.54) is 0 Å². The average molecular weight is 437 g/mol. The Morgan fingerprint density at radius 3 is 2.56 bits per heavy atom. The molecular formula is C25H32N4O3. The Bertz CT molecular complexity index is 1130. The lowest BCUT2D eigenvalue weighted by molar-refractivity contribution is 0.169. The molecule has 1 heterocycles. The van der Waals surface area contributed by atoms with Crippen molar-refractivity contribution in [3.63, 3.8) is 0 Å². The smallest absolute Gasteiger partial charge is 0.322 e. The lowest BCUT2D eigenvalue weighted by Crippen LogP contribution is -2.41. The number of methoxy groups -OCH3 is 1. The summed E-state index contributed by atoms with van der Waals surface area (Å²) in [6, 6.07) is 14.5. The lowest BCUT2D eigenvalue weighted by Gasteiger charge is -2.32. The van der Waals surface area contributed by atoms with Gasteiger partial charge in [0.2, 0.25) is 0 Å². The first-order valence-electron chi connectivity index (χ1n) is 11.1. The highest BCUT2D eigenvalue weighted by molar-refractivity contribution is 5.90. The fraction of sp³-hybridized carbons (Fsp3) is 0.400. The molecule has 3 aromatic rings. The molecule has 1 atom stereocenters. The molecule has 0 bridgehead atoms. The van der Waals surface area contributed by atoms with Gasteiger partial charge in [-0.05, 0) is 43.5 Å². The minimum absolute atomic E-state index is 0.114. The second-order valence-corrected chi connectivity index (χ2v) is 7.80. The van der Waals surface area contributed by atoms with Gasteiger partial charge < -0.3 is 15.0 Å². The normalized spacial score (nSPS) is 12.0. The molecular weight excluding hydrogens is 404 g/mol. The lowest BCUT2D eigenvalue weighted by atomic mass is 10.1. The van der Waals surface area contributed by atoms with Gasteiger partial charge in [-0.25, -0.2) is 9.78 Å². The van der Waals surface area contributed by atoms with Crippen molar-refractivity contribution in [2.45, 2.75) is 46.2 Å². The van der Waals surface area contributed by atoms with E-state index in [2.05, 4.69) is 5.32 Å². The molecule has 3 rings (SSSR count). The highest BCUT2D eigenvalue weighted by Crippen LogP contribution is 2.26. The number of fused-ring (bicyclic) bond motifs is 1. The number of para-hydroxylation sites is 2. The largest absolute Gasteiger partial charge is 0.383 e. The van der Waals surface area contributed by atoms with Crippen molar-refractivity contribution in [3.8, 4) is 0 Å². The van der Waals surface area contributed by atoms with Crippen molar-refractivity contribution in [1.29, 1.82) is 0 Å². The van der Waals surface area contributed by atoms with Gasteiger partial charge in [0.1, 0.15) is 5.82 Å². The van der Waals surface area contributed by atoms with E-state index < -0.39 is 0 Å². The molecule has 2 aromatic carbocycles. The van der Waals surface area contributed by atoms with Crippen molar-refractivity contribution >= 4 is 22.6 Å². The number of hydrogen-bond acceptors (Lipinski definition) is 4. The van der Waals surface area contributed by atoms with Gasteiger partial charge in [-0.1, -0.05) is 44.2 Å². The van der Waals surface area contributed by atoms with Crippen LogP contribution in [0.4, 0.5) is 10.5 Å². The third kappa shape index (κ3) is 4.99. The molecule has 1 N–H and O–H groups in total. The zero-order chi connectivity index (χ0) is 23.1. The van der Waals surface area contributed by atoms with E-state index in [0.717, 1.165) is 17.7 Å². The van der Waals surface area contributed by atoms with E-state index in [0.29, 0.717) is 42.8 Å². The number of benzene rings is 2. The first-order chi connectivity index (χ1) is 15.5. The number of aromatic nitrogens is 2. The van der Waals surface area contributed by atoms with Crippen molar-refractivity contribution in [2.24, 2.45) is 0 Å². The molecule has 0 saturated heterocycles. The molecule has 7 nitrogen and oxygen atoms in total. The Labute approximate surface area is 189 Å². The van der Waals surface area contributed by atoms with Crippen molar-refractivity contribution in [2.75, 3.05) is 25.6 Å². The molecule has 0 radical (unpaired) electrons. The average Bonchev–Trinajstić information content (AvgIpc) is 2.80. The van der Waals surface area contributed by atoms with E-state index >= 15 is 0 Å². The molecule has 0 fully saturated rings. The van der Waals surface area contributed by atoms with Gasteiger partial charge in [0.05, 0.1) is 30.1 Å². The zero-order valence-electron chi connectivity index (χ0n) is 19.3. The number of nitrogens with zero attached hydrogens (tertiary/aromatic N) is 3. The van der Waals surface area contributed by atoms with Gasteiger partial charge in [0.25, 0.3) is 5.56 Å². The van der Waals surface area contributed by atoms with Gasteiger partial charge in [0, 0.05) is 19.3 Å². The monoisotopic (exact) mass is 436 g/mol. The fourth-order valence-electron chi connectivity index (χ4n) is 3.92.